The summed E-state index contributed by atoms with van der Waals surface area (Å²) in [5.74, 6) is 0.150. The molecule has 0 bridgehead atoms. The summed E-state index contributed by atoms with van der Waals surface area (Å²) in [6, 6.07) is 4.43. The van der Waals surface area contributed by atoms with Crippen LogP contribution in [0.15, 0.2) is 18.2 Å². The Morgan fingerprint density at radius 2 is 2.22 bits per heavy atom. The van der Waals surface area contributed by atoms with Crippen molar-refractivity contribution in [3.8, 4) is 5.75 Å². The molecule has 0 spiro atoms. The van der Waals surface area contributed by atoms with Gasteiger partial charge in [-0.3, -0.25) is 4.90 Å². The molecule has 1 aromatic carbocycles. The first-order valence-electron chi connectivity index (χ1n) is 6.47. The SMILES string of the molecule is CC1CCN(C(C)c2ccc(F)cc2O)CC1N. The standard InChI is InChI=1S/C14H21FN2O/c1-9-5-6-17(8-13(9)16)10(2)12-4-3-11(15)7-14(12)18/h3-4,7,9-10,13,18H,5-6,8,16H2,1-2H3. The highest BCUT2D eigenvalue weighted by molar-refractivity contribution is 5.35. The van der Waals surface area contributed by atoms with E-state index < -0.39 is 5.82 Å². The molecule has 1 aliphatic heterocycles. The predicted octanol–water partition coefficient (Wildman–Crippen LogP) is 2.26. The number of hydrogen-bond donors (Lipinski definition) is 2. The maximum absolute atomic E-state index is 13.0. The number of aromatic hydroxyl groups is 1. The largest absolute Gasteiger partial charge is 0.508 e. The molecule has 1 fully saturated rings. The minimum Gasteiger partial charge on any atom is -0.508 e. The third-order valence-corrected chi connectivity index (χ3v) is 4.04. The maximum atomic E-state index is 13.0. The van der Waals surface area contributed by atoms with Crippen LogP contribution in [0, 0.1) is 11.7 Å². The van der Waals surface area contributed by atoms with E-state index in [-0.39, 0.29) is 17.8 Å². The van der Waals surface area contributed by atoms with E-state index >= 15 is 0 Å². The minimum absolute atomic E-state index is 0.0229. The Labute approximate surface area is 107 Å². The van der Waals surface area contributed by atoms with Crippen molar-refractivity contribution in [2.24, 2.45) is 11.7 Å². The van der Waals surface area contributed by atoms with E-state index in [0.29, 0.717) is 5.92 Å². The Morgan fingerprint density at radius 3 is 2.83 bits per heavy atom. The summed E-state index contributed by atoms with van der Waals surface area (Å²) in [6.07, 6.45) is 1.06. The Morgan fingerprint density at radius 1 is 1.50 bits per heavy atom. The molecule has 18 heavy (non-hydrogen) atoms. The lowest BCUT2D eigenvalue weighted by atomic mass is 9.92. The van der Waals surface area contributed by atoms with E-state index in [9.17, 15) is 9.50 Å². The molecule has 4 heteroatoms. The molecule has 3 N–H and O–H groups in total. The number of halogens is 1. The second-order valence-corrected chi connectivity index (χ2v) is 5.30. The van der Waals surface area contributed by atoms with Gasteiger partial charge in [-0.05, 0) is 31.9 Å². The van der Waals surface area contributed by atoms with Crippen LogP contribution in [-0.4, -0.2) is 29.1 Å². The van der Waals surface area contributed by atoms with Gasteiger partial charge in [0.25, 0.3) is 0 Å². The van der Waals surface area contributed by atoms with Crippen LogP contribution in [0.2, 0.25) is 0 Å². The van der Waals surface area contributed by atoms with Gasteiger partial charge in [-0.1, -0.05) is 13.0 Å². The molecule has 1 saturated heterocycles. The van der Waals surface area contributed by atoms with E-state index in [4.69, 9.17) is 5.73 Å². The summed E-state index contributed by atoms with van der Waals surface area (Å²) < 4.78 is 13.0. The fourth-order valence-electron chi connectivity index (χ4n) is 2.54. The van der Waals surface area contributed by atoms with Gasteiger partial charge in [0.2, 0.25) is 0 Å². The van der Waals surface area contributed by atoms with Crippen LogP contribution in [0.3, 0.4) is 0 Å². The van der Waals surface area contributed by atoms with Gasteiger partial charge in [-0.15, -0.1) is 0 Å². The Kier molecular flexibility index (Phi) is 3.88. The van der Waals surface area contributed by atoms with Gasteiger partial charge in [-0.25, -0.2) is 4.39 Å². The number of nitrogens with zero attached hydrogens (tertiary/aromatic N) is 1. The fraction of sp³-hybridized carbons (Fsp3) is 0.571. The monoisotopic (exact) mass is 252 g/mol. The van der Waals surface area contributed by atoms with Gasteiger partial charge in [0.1, 0.15) is 11.6 Å². The van der Waals surface area contributed by atoms with Crippen molar-refractivity contribution >= 4 is 0 Å². The zero-order chi connectivity index (χ0) is 13.3. The second kappa shape index (κ2) is 5.24. The summed E-state index contributed by atoms with van der Waals surface area (Å²) in [5.41, 5.74) is 6.84. The molecule has 1 aromatic rings. The lowest BCUT2D eigenvalue weighted by molar-refractivity contribution is 0.127. The average Bonchev–Trinajstić information content (AvgIpc) is 2.32. The average molecular weight is 252 g/mol. The normalized spacial score (nSPS) is 27.1. The van der Waals surface area contributed by atoms with Gasteiger partial charge < -0.3 is 10.8 Å². The van der Waals surface area contributed by atoms with Crippen LogP contribution in [-0.2, 0) is 0 Å². The lowest BCUT2D eigenvalue weighted by Gasteiger charge is -2.39. The number of likely N-dealkylation sites (tertiary alicyclic amines) is 1. The van der Waals surface area contributed by atoms with Crippen molar-refractivity contribution in [2.75, 3.05) is 13.1 Å². The first-order valence-corrected chi connectivity index (χ1v) is 6.47. The minimum atomic E-state index is -0.410. The quantitative estimate of drug-likeness (QED) is 0.849. The second-order valence-electron chi connectivity index (χ2n) is 5.30. The molecule has 3 atom stereocenters. The van der Waals surface area contributed by atoms with Crippen LogP contribution in [0.5, 0.6) is 5.75 Å². The Bertz CT molecular complexity index is 424. The molecular weight excluding hydrogens is 231 g/mol. The van der Waals surface area contributed by atoms with E-state index in [1.165, 1.54) is 12.1 Å². The molecule has 0 amide bonds. The maximum Gasteiger partial charge on any atom is 0.126 e. The van der Waals surface area contributed by atoms with Gasteiger partial charge in [-0.2, -0.15) is 0 Å². The van der Waals surface area contributed by atoms with Crippen molar-refractivity contribution in [3.05, 3.63) is 29.6 Å². The van der Waals surface area contributed by atoms with Crippen molar-refractivity contribution in [2.45, 2.75) is 32.4 Å². The van der Waals surface area contributed by atoms with E-state index in [2.05, 4.69) is 11.8 Å². The highest BCUT2D eigenvalue weighted by atomic mass is 19.1. The molecular formula is C14H21FN2O. The van der Waals surface area contributed by atoms with Crippen LogP contribution in [0.1, 0.15) is 31.9 Å². The van der Waals surface area contributed by atoms with Gasteiger partial charge >= 0.3 is 0 Å². The molecule has 3 unspecified atom stereocenters. The van der Waals surface area contributed by atoms with Crippen molar-refractivity contribution in [3.63, 3.8) is 0 Å². The summed E-state index contributed by atoms with van der Waals surface area (Å²) in [5, 5.41) is 9.81. The Balaban J connectivity index is 2.13. The predicted molar refractivity (Wildman–Crippen MR) is 69.8 cm³/mol. The van der Waals surface area contributed by atoms with Crippen LogP contribution in [0.25, 0.3) is 0 Å². The van der Waals surface area contributed by atoms with Gasteiger partial charge in [0.05, 0.1) is 0 Å². The van der Waals surface area contributed by atoms with Crippen LogP contribution >= 0.6 is 0 Å². The van der Waals surface area contributed by atoms with E-state index in [0.717, 1.165) is 25.1 Å². The number of phenolic OH excluding ortho intramolecular Hbond substituents is 1. The zero-order valence-corrected chi connectivity index (χ0v) is 10.9. The molecule has 100 valence electrons. The zero-order valence-electron chi connectivity index (χ0n) is 10.9. The number of hydrogen-bond acceptors (Lipinski definition) is 3. The van der Waals surface area contributed by atoms with E-state index in [1.54, 1.807) is 6.07 Å². The number of phenols is 1. The van der Waals surface area contributed by atoms with Gasteiger partial charge in [0.15, 0.2) is 0 Å². The molecule has 0 aromatic heterocycles. The van der Waals surface area contributed by atoms with Crippen molar-refractivity contribution in [1.82, 2.24) is 4.90 Å². The summed E-state index contributed by atoms with van der Waals surface area (Å²) >= 11 is 0. The molecule has 0 saturated carbocycles. The van der Waals surface area contributed by atoms with E-state index in [1.807, 2.05) is 6.92 Å². The smallest absolute Gasteiger partial charge is 0.126 e. The van der Waals surface area contributed by atoms with Crippen molar-refractivity contribution < 1.29 is 9.50 Å². The highest BCUT2D eigenvalue weighted by Crippen LogP contribution is 2.31. The molecule has 1 aliphatic rings. The van der Waals surface area contributed by atoms with Gasteiger partial charge in [0, 0.05) is 30.3 Å². The fourth-order valence-corrected chi connectivity index (χ4v) is 2.54. The first-order chi connectivity index (χ1) is 8.49. The van der Waals surface area contributed by atoms with Crippen LogP contribution < -0.4 is 5.73 Å². The lowest BCUT2D eigenvalue weighted by Crippen LogP contribution is -2.48. The number of nitrogens with two attached hydrogens (primary N) is 1. The molecule has 2 rings (SSSR count). The van der Waals surface area contributed by atoms with Crippen molar-refractivity contribution in [1.29, 1.82) is 0 Å². The number of benzene rings is 1. The first kappa shape index (κ1) is 13.3. The van der Waals surface area contributed by atoms with Crippen LogP contribution in [0.4, 0.5) is 4.39 Å². The highest BCUT2D eigenvalue weighted by Gasteiger charge is 2.27. The third kappa shape index (κ3) is 2.65. The summed E-state index contributed by atoms with van der Waals surface area (Å²) in [7, 11) is 0. The molecule has 0 radical (unpaired) electrons. The molecule has 3 nitrogen and oxygen atoms in total. The number of rotatable bonds is 2. The molecule has 0 aliphatic carbocycles. The topological polar surface area (TPSA) is 49.5 Å². The Hall–Kier alpha value is -1.13. The number of piperidine rings is 1. The summed E-state index contributed by atoms with van der Waals surface area (Å²) in [4.78, 5) is 2.25. The third-order valence-electron chi connectivity index (χ3n) is 4.04. The summed E-state index contributed by atoms with van der Waals surface area (Å²) in [6.45, 7) is 5.98. The molecule has 1 heterocycles.